The molecule has 3 heterocycles. The number of aromatic nitrogens is 3. The minimum absolute atomic E-state index is 0.988. The number of pyridine rings is 1. The first-order valence-corrected chi connectivity index (χ1v) is 16.4. The molecule has 0 atom stereocenters. The van der Waals surface area contributed by atoms with Crippen LogP contribution in [0.3, 0.4) is 0 Å². The van der Waals surface area contributed by atoms with Crippen molar-refractivity contribution in [1.82, 2.24) is 14.1 Å². The zero-order valence-electron chi connectivity index (χ0n) is 26.1. The second-order valence-corrected chi connectivity index (χ2v) is 12.4. The number of para-hydroxylation sites is 3. The van der Waals surface area contributed by atoms with Gasteiger partial charge in [0.15, 0.2) is 0 Å². The van der Waals surface area contributed by atoms with Gasteiger partial charge in [0, 0.05) is 44.5 Å². The molecule has 3 aromatic heterocycles. The van der Waals surface area contributed by atoms with Crippen LogP contribution in [0.4, 0.5) is 0 Å². The van der Waals surface area contributed by atoms with E-state index in [0.717, 1.165) is 38.7 Å². The quantitative estimate of drug-likeness (QED) is 0.194. The molecule has 48 heavy (non-hydrogen) atoms. The molecular formula is C45H29N3. The molecule has 3 heteroatoms. The summed E-state index contributed by atoms with van der Waals surface area (Å²) < 4.78 is 4.83. The van der Waals surface area contributed by atoms with Gasteiger partial charge in [0.1, 0.15) is 0 Å². The van der Waals surface area contributed by atoms with E-state index in [1.54, 1.807) is 0 Å². The summed E-state index contributed by atoms with van der Waals surface area (Å²) in [4.78, 5) is 5.30. The van der Waals surface area contributed by atoms with Gasteiger partial charge >= 0.3 is 0 Å². The molecule has 0 radical (unpaired) electrons. The van der Waals surface area contributed by atoms with E-state index in [9.17, 15) is 0 Å². The molecule has 224 valence electrons. The topological polar surface area (TPSA) is 22.8 Å². The normalized spacial score (nSPS) is 11.8. The Morgan fingerprint density at radius 3 is 1.46 bits per heavy atom. The average Bonchev–Trinajstić information content (AvgIpc) is 3.69. The molecule has 0 aliphatic carbocycles. The van der Waals surface area contributed by atoms with E-state index in [4.69, 9.17) is 4.98 Å². The lowest BCUT2D eigenvalue weighted by Gasteiger charge is -2.15. The van der Waals surface area contributed by atoms with Gasteiger partial charge in [-0.3, -0.25) is 4.98 Å². The first kappa shape index (κ1) is 26.7. The molecule has 0 saturated carbocycles. The maximum atomic E-state index is 5.30. The molecule has 0 saturated heterocycles. The van der Waals surface area contributed by atoms with Crippen molar-refractivity contribution in [2.75, 3.05) is 0 Å². The van der Waals surface area contributed by atoms with Crippen LogP contribution in [0.15, 0.2) is 176 Å². The van der Waals surface area contributed by atoms with Crippen LogP contribution in [-0.4, -0.2) is 14.1 Å². The molecule has 0 amide bonds. The second-order valence-electron chi connectivity index (χ2n) is 12.4. The van der Waals surface area contributed by atoms with E-state index >= 15 is 0 Å². The van der Waals surface area contributed by atoms with Crippen LogP contribution >= 0.6 is 0 Å². The lowest BCUT2D eigenvalue weighted by Crippen LogP contribution is -1.98. The Bertz CT molecular complexity index is 2750. The molecule has 3 nitrogen and oxygen atoms in total. The van der Waals surface area contributed by atoms with Gasteiger partial charge in [0.05, 0.1) is 27.6 Å². The van der Waals surface area contributed by atoms with Crippen LogP contribution in [0.1, 0.15) is 0 Å². The van der Waals surface area contributed by atoms with Crippen molar-refractivity contribution < 1.29 is 0 Å². The van der Waals surface area contributed by atoms with E-state index in [1.807, 2.05) is 0 Å². The number of hydrogen-bond acceptors (Lipinski definition) is 1. The maximum absolute atomic E-state index is 5.30. The van der Waals surface area contributed by atoms with Gasteiger partial charge in [-0.2, -0.15) is 0 Å². The molecule has 0 unspecified atom stereocenters. The van der Waals surface area contributed by atoms with Crippen molar-refractivity contribution in [3.05, 3.63) is 176 Å². The molecule has 0 bridgehead atoms. The first-order chi connectivity index (χ1) is 23.8. The third kappa shape index (κ3) is 3.98. The number of benzene rings is 7. The van der Waals surface area contributed by atoms with Crippen LogP contribution in [0, 0.1) is 0 Å². The minimum Gasteiger partial charge on any atom is -0.309 e. The van der Waals surface area contributed by atoms with E-state index < -0.39 is 0 Å². The molecule has 0 aliphatic heterocycles. The predicted octanol–water partition coefficient (Wildman–Crippen LogP) is 11.8. The Labute approximate surface area is 277 Å². The SMILES string of the molecule is c1ccc(-c2cc(-c3ccccc3)cc(-n3c4ccccc4c4ccc5c(ncc6c7ccccc7n(-c7ccccc7)c65)c43)c2)cc1. The molecular weight excluding hydrogens is 583 g/mol. The van der Waals surface area contributed by atoms with Crippen molar-refractivity contribution in [2.24, 2.45) is 0 Å². The Morgan fingerprint density at radius 1 is 0.333 bits per heavy atom. The Hall–Kier alpha value is -6.45. The predicted molar refractivity (Wildman–Crippen MR) is 201 cm³/mol. The third-order valence-corrected chi connectivity index (χ3v) is 9.71. The van der Waals surface area contributed by atoms with Gasteiger partial charge in [0.2, 0.25) is 0 Å². The van der Waals surface area contributed by atoms with Gasteiger partial charge in [-0.1, -0.05) is 121 Å². The zero-order valence-corrected chi connectivity index (χ0v) is 26.1. The molecule has 0 fully saturated rings. The molecule has 0 spiro atoms. The summed E-state index contributed by atoms with van der Waals surface area (Å²) in [6.45, 7) is 0. The summed E-state index contributed by atoms with van der Waals surface area (Å²) in [7, 11) is 0. The van der Waals surface area contributed by atoms with Crippen LogP contribution in [0.5, 0.6) is 0 Å². The molecule has 0 aliphatic rings. The fourth-order valence-electron chi connectivity index (χ4n) is 7.60. The summed E-state index contributed by atoms with van der Waals surface area (Å²) in [6.07, 6.45) is 2.08. The minimum atomic E-state index is 0.988. The third-order valence-electron chi connectivity index (χ3n) is 9.71. The van der Waals surface area contributed by atoms with Gasteiger partial charge in [0.25, 0.3) is 0 Å². The van der Waals surface area contributed by atoms with Crippen molar-refractivity contribution in [3.8, 4) is 33.6 Å². The number of nitrogens with zero attached hydrogens (tertiary/aromatic N) is 3. The lowest BCUT2D eigenvalue weighted by atomic mass is 9.98. The van der Waals surface area contributed by atoms with Crippen LogP contribution in [-0.2, 0) is 0 Å². The number of hydrogen-bond donors (Lipinski definition) is 0. The van der Waals surface area contributed by atoms with E-state index in [0.29, 0.717) is 0 Å². The summed E-state index contributed by atoms with van der Waals surface area (Å²) in [5.74, 6) is 0. The van der Waals surface area contributed by atoms with Crippen LogP contribution in [0.25, 0.3) is 88.1 Å². The zero-order chi connectivity index (χ0) is 31.6. The van der Waals surface area contributed by atoms with E-state index in [1.165, 1.54) is 49.4 Å². The molecule has 10 aromatic rings. The van der Waals surface area contributed by atoms with Gasteiger partial charge in [-0.05, 0) is 70.8 Å². The highest BCUT2D eigenvalue weighted by molar-refractivity contribution is 6.24. The van der Waals surface area contributed by atoms with Gasteiger partial charge in [-0.25, -0.2) is 0 Å². The standard InChI is InChI=1S/C45H29N3/c1-4-14-30(15-5-1)32-26-33(31-16-6-2-7-17-31)28-35(27-32)48-41-22-12-10-20-36(41)38-24-25-39-43(45(38)48)46-29-40-37-21-11-13-23-42(37)47(44(39)40)34-18-8-3-9-19-34/h1-29H. The smallest absolute Gasteiger partial charge is 0.0970 e. The van der Waals surface area contributed by atoms with E-state index in [2.05, 4.69) is 185 Å². The maximum Gasteiger partial charge on any atom is 0.0970 e. The Morgan fingerprint density at radius 2 is 0.833 bits per heavy atom. The molecule has 7 aromatic carbocycles. The monoisotopic (exact) mass is 611 g/mol. The average molecular weight is 612 g/mol. The van der Waals surface area contributed by atoms with Gasteiger partial charge < -0.3 is 9.13 Å². The van der Waals surface area contributed by atoms with Crippen molar-refractivity contribution in [1.29, 1.82) is 0 Å². The Kier molecular flexibility index (Phi) is 5.87. The van der Waals surface area contributed by atoms with E-state index in [-0.39, 0.29) is 0 Å². The van der Waals surface area contributed by atoms with Gasteiger partial charge in [-0.15, -0.1) is 0 Å². The highest BCUT2D eigenvalue weighted by Gasteiger charge is 2.21. The van der Waals surface area contributed by atoms with Crippen molar-refractivity contribution in [3.63, 3.8) is 0 Å². The fraction of sp³-hybridized carbons (Fsp3) is 0. The summed E-state index contributed by atoms with van der Waals surface area (Å²) in [5.41, 5.74) is 12.6. The van der Waals surface area contributed by atoms with Crippen molar-refractivity contribution >= 4 is 54.5 Å². The Balaban J connectivity index is 1.36. The lowest BCUT2D eigenvalue weighted by molar-refractivity contribution is 1.18. The first-order valence-electron chi connectivity index (χ1n) is 16.4. The highest BCUT2D eigenvalue weighted by atomic mass is 15.0. The highest BCUT2D eigenvalue weighted by Crippen LogP contribution is 2.42. The fourth-order valence-corrected chi connectivity index (χ4v) is 7.60. The van der Waals surface area contributed by atoms with Crippen LogP contribution < -0.4 is 0 Å². The molecule has 10 rings (SSSR count). The summed E-state index contributed by atoms with van der Waals surface area (Å²) in [6, 6.07) is 61.0. The second kappa shape index (κ2) is 10.5. The summed E-state index contributed by atoms with van der Waals surface area (Å²) in [5, 5.41) is 5.90. The number of fused-ring (bicyclic) bond motifs is 9. The number of rotatable bonds is 4. The van der Waals surface area contributed by atoms with Crippen LogP contribution in [0.2, 0.25) is 0 Å². The molecule has 0 N–H and O–H groups in total. The summed E-state index contributed by atoms with van der Waals surface area (Å²) >= 11 is 0. The van der Waals surface area contributed by atoms with Crippen molar-refractivity contribution in [2.45, 2.75) is 0 Å². The largest absolute Gasteiger partial charge is 0.309 e.